The van der Waals surface area contributed by atoms with Gasteiger partial charge in [-0.1, -0.05) is 0 Å². The summed E-state index contributed by atoms with van der Waals surface area (Å²) in [7, 11) is 3.40. The van der Waals surface area contributed by atoms with Crippen molar-refractivity contribution in [1.29, 1.82) is 0 Å². The molecular formula is C7H14O3. The van der Waals surface area contributed by atoms with Crippen LogP contribution in [0.2, 0.25) is 0 Å². The summed E-state index contributed by atoms with van der Waals surface area (Å²) >= 11 is 0. The monoisotopic (exact) mass is 146 g/mol. The van der Waals surface area contributed by atoms with E-state index in [0.29, 0.717) is 6.61 Å². The van der Waals surface area contributed by atoms with Crippen LogP contribution in [0.1, 0.15) is 6.42 Å². The van der Waals surface area contributed by atoms with Crippen LogP contribution in [0.15, 0.2) is 0 Å². The quantitative estimate of drug-likeness (QED) is 0.565. The molecule has 0 bridgehead atoms. The minimum absolute atomic E-state index is 0.124. The molecule has 0 aromatic carbocycles. The minimum Gasteiger partial charge on any atom is -0.379 e. The van der Waals surface area contributed by atoms with E-state index in [1.54, 1.807) is 14.2 Å². The summed E-state index contributed by atoms with van der Waals surface area (Å²) in [6.07, 6.45) is 1.28. The second-order valence-electron chi connectivity index (χ2n) is 2.41. The Hall–Kier alpha value is -0.120. The SMILES string of the molecule is CO[C@H]1CCOC[C@@H]1OC. The number of methoxy groups -OCH3 is 2. The van der Waals surface area contributed by atoms with Crippen LogP contribution in [0, 0.1) is 0 Å². The standard InChI is InChI=1S/C7H14O3/c1-8-6-3-4-10-5-7(6)9-2/h6-7H,3-5H2,1-2H3/t6-,7-/m0/s1. The summed E-state index contributed by atoms with van der Waals surface area (Å²) in [5.41, 5.74) is 0. The van der Waals surface area contributed by atoms with Crippen LogP contribution >= 0.6 is 0 Å². The van der Waals surface area contributed by atoms with Gasteiger partial charge in [0.05, 0.1) is 12.7 Å². The molecule has 0 N–H and O–H groups in total. The summed E-state index contributed by atoms with van der Waals surface area (Å²) in [6.45, 7) is 1.45. The lowest BCUT2D eigenvalue weighted by atomic mass is 10.1. The molecular weight excluding hydrogens is 132 g/mol. The Balaban J connectivity index is 2.34. The first-order chi connectivity index (χ1) is 4.88. The van der Waals surface area contributed by atoms with Gasteiger partial charge in [0.25, 0.3) is 0 Å². The van der Waals surface area contributed by atoms with Crippen molar-refractivity contribution in [2.24, 2.45) is 0 Å². The molecule has 0 aliphatic carbocycles. The molecule has 1 saturated heterocycles. The van der Waals surface area contributed by atoms with Crippen LogP contribution in [0.5, 0.6) is 0 Å². The Kier molecular flexibility index (Phi) is 3.12. The third-order valence-electron chi connectivity index (χ3n) is 1.85. The van der Waals surface area contributed by atoms with Crippen LogP contribution in [0.3, 0.4) is 0 Å². The van der Waals surface area contributed by atoms with Gasteiger partial charge in [-0.05, 0) is 6.42 Å². The maximum absolute atomic E-state index is 5.20. The smallest absolute Gasteiger partial charge is 0.107 e. The van der Waals surface area contributed by atoms with Gasteiger partial charge in [-0.25, -0.2) is 0 Å². The molecule has 1 aliphatic rings. The Morgan fingerprint density at radius 2 is 1.90 bits per heavy atom. The van der Waals surface area contributed by atoms with Gasteiger partial charge >= 0.3 is 0 Å². The predicted octanol–water partition coefficient (Wildman–Crippen LogP) is 0.437. The van der Waals surface area contributed by atoms with Crippen molar-refractivity contribution >= 4 is 0 Å². The minimum atomic E-state index is 0.124. The van der Waals surface area contributed by atoms with Crippen molar-refractivity contribution in [3.05, 3.63) is 0 Å². The average Bonchev–Trinajstić information content (AvgIpc) is 2.04. The fourth-order valence-corrected chi connectivity index (χ4v) is 1.18. The molecule has 1 fully saturated rings. The predicted molar refractivity (Wildman–Crippen MR) is 37.0 cm³/mol. The molecule has 0 saturated carbocycles. The van der Waals surface area contributed by atoms with Crippen LogP contribution < -0.4 is 0 Å². The number of rotatable bonds is 2. The molecule has 0 unspecified atom stereocenters. The topological polar surface area (TPSA) is 27.7 Å². The second-order valence-corrected chi connectivity index (χ2v) is 2.41. The van der Waals surface area contributed by atoms with Crippen LogP contribution in [-0.4, -0.2) is 39.6 Å². The highest BCUT2D eigenvalue weighted by molar-refractivity contribution is 4.73. The highest BCUT2D eigenvalue weighted by Gasteiger charge is 2.24. The van der Waals surface area contributed by atoms with E-state index in [2.05, 4.69) is 0 Å². The van der Waals surface area contributed by atoms with Gasteiger partial charge in [-0.15, -0.1) is 0 Å². The summed E-state index contributed by atoms with van der Waals surface area (Å²) in [5, 5.41) is 0. The fourth-order valence-electron chi connectivity index (χ4n) is 1.18. The first-order valence-electron chi connectivity index (χ1n) is 3.52. The molecule has 1 aliphatic heterocycles. The van der Waals surface area contributed by atoms with E-state index in [1.807, 2.05) is 0 Å². The molecule has 0 amide bonds. The Morgan fingerprint density at radius 1 is 1.20 bits per heavy atom. The van der Waals surface area contributed by atoms with Gasteiger partial charge in [0.1, 0.15) is 6.10 Å². The lowest BCUT2D eigenvalue weighted by molar-refractivity contribution is -0.116. The molecule has 0 spiro atoms. The van der Waals surface area contributed by atoms with Gasteiger partial charge < -0.3 is 14.2 Å². The Labute approximate surface area is 61.3 Å². The molecule has 1 heterocycles. The normalized spacial score (nSPS) is 34.2. The second kappa shape index (κ2) is 3.91. The third-order valence-corrected chi connectivity index (χ3v) is 1.85. The maximum atomic E-state index is 5.20. The van der Waals surface area contributed by atoms with Gasteiger partial charge in [0.2, 0.25) is 0 Å². The van der Waals surface area contributed by atoms with Gasteiger partial charge in [0, 0.05) is 20.8 Å². The summed E-state index contributed by atoms with van der Waals surface area (Å²) in [4.78, 5) is 0. The van der Waals surface area contributed by atoms with Crippen molar-refractivity contribution < 1.29 is 14.2 Å². The van der Waals surface area contributed by atoms with E-state index in [0.717, 1.165) is 13.0 Å². The largest absolute Gasteiger partial charge is 0.379 e. The first kappa shape index (κ1) is 7.98. The third kappa shape index (κ3) is 1.68. The molecule has 10 heavy (non-hydrogen) atoms. The van der Waals surface area contributed by atoms with E-state index < -0.39 is 0 Å². The van der Waals surface area contributed by atoms with Gasteiger partial charge in [-0.2, -0.15) is 0 Å². The zero-order valence-corrected chi connectivity index (χ0v) is 6.50. The van der Waals surface area contributed by atoms with Crippen LogP contribution in [-0.2, 0) is 14.2 Å². The number of hydrogen-bond acceptors (Lipinski definition) is 3. The molecule has 3 heteroatoms. The molecule has 0 radical (unpaired) electrons. The van der Waals surface area contributed by atoms with E-state index in [1.165, 1.54) is 0 Å². The molecule has 0 aromatic heterocycles. The van der Waals surface area contributed by atoms with Crippen molar-refractivity contribution in [3.8, 4) is 0 Å². The summed E-state index contributed by atoms with van der Waals surface area (Å²) in [5.74, 6) is 0. The van der Waals surface area contributed by atoms with Crippen molar-refractivity contribution in [2.75, 3.05) is 27.4 Å². The number of hydrogen-bond donors (Lipinski definition) is 0. The van der Waals surface area contributed by atoms with Crippen molar-refractivity contribution in [2.45, 2.75) is 18.6 Å². The van der Waals surface area contributed by atoms with E-state index >= 15 is 0 Å². The lowest BCUT2D eigenvalue weighted by Crippen LogP contribution is -2.39. The highest BCUT2D eigenvalue weighted by Crippen LogP contribution is 2.12. The zero-order chi connectivity index (χ0) is 7.40. The maximum Gasteiger partial charge on any atom is 0.107 e. The van der Waals surface area contributed by atoms with Gasteiger partial charge in [0.15, 0.2) is 0 Å². The van der Waals surface area contributed by atoms with E-state index in [9.17, 15) is 0 Å². The molecule has 1 rings (SSSR count). The van der Waals surface area contributed by atoms with Crippen LogP contribution in [0.25, 0.3) is 0 Å². The molecule has 3 nitrogen and oxygen atoms in total. The fraction of sp³-hybridized carbons (Fsp3) is 1.00. The molecule has 60 valence electrons. The average molecular weight is 146 g/mol. The Bertz CT molecular complexity index is 82.9. The number of ether oxygens (including phenoxy) is 3. The molecule has 0 aromatic rings. The summed E-state index contributed by atoms with van der Waals surface area (Å²) < 4.78 is 15.5. The zero-order valence-electron chi connectivity index (χ0n) is 6.50. The van der Waals surface area contributed by atoms with E-state index in [4.69, 9.17) is 14.2 Å². The summed E-state index contributed by atoms with van der Waals surface area (Å²) in [6, 6.07) is 0. The lowest BCUT2D eigenvalue weighted by Gasteiger charge is -2.28. The first-order valence-corrected chi connectivity index (χ1v) is 3.52. The van der Waals surface area contributed by atoms with Gasteiger partial charge in [-0.3, -0.25) is 0 Å². The van der Waals surface area contributed by atoms with Crippen LogP contribution in [0.4, 0.5) is 0 Å². The molecule has 2 atom stereocenters. The highest BCUT2D eigenvalue weighted by atomic mass is 16.6. The van der Waals surface area contributed by atoms with Crippen molar-refractivity contribution in [3.63, 3.8) is 0 Å². The Morgan fingerprint density at radius 3 is 2.40 bits per heavy atom. The van der Waals surface area contributed by atoms with E-state index in [-0.39, 0.29) is 12.2 Å². The van der Waals surface area contributed by atoms with Crippen molar-refractivity contribution in [1.82, 2.24) is 0 Å².